The smallest absolute Gasteiger partial charge is 0.217 e. The molecule has 0 bridgehead atoms. The van der Waals surface area contributed by atoms with Gasteiger partial charge in [0.05, 0.1) is 6.20 Å². The second-order valence-corrected chi connectivity index (χ2v) is 2.58. The number of primary amides is 1. The van der Waals surface area contributed by atoms with E-state index >= 15 is 0 Å². The van der Waals surface area contributed by atoms with Gasteiger partial charge in [0, 0.05) is 12.6 Å². The highest BCUT2D eigenvalue weighted by atomic mass is 16.1. The van der Waals surface area contributed by atoms with Gasteiger partial charge in [0.15, 0.2) is 0 Å². The van der Waals surface area contributed by atoms with Crippen molar-refractivity contribution in [3.8, 4) is 0 Å². The number of H-pyrrole nitrogens is 1. The van der Waals surface area contributed by atoms with Gasteiger partial charge in [0.2, 0.25) is 5.91 Å². The molecule has 13 heavy (non-hydrogen) atoms. The van der Waals surface area contributed by atoms with Crippen LogP contribution in [-0.2, 0) is 4.79 Å². The van der Waals surface area contributed by atoms with Crippen molar-refractivity contribution in [3.63, 3.8) is 0 Å². The first-order valence-electron chi connectivity index (χ1n) is 4.36. The summed E-state index contributed by atoms with van der Waals surface area (Å²) in [6.07, 6.45) is 7.00. The van der Waals surface area contributed by atoms with Gasteiger partial charge in [-0.1, -0.05) is 25.0 Å². The Bertz CT molecular complexity index is 181. The van der Waals surface area contributed by atoms with Crippen molar-refractivity contribution in [3.05, 3.63) is 12.4 Å². The first-order chi connectivity index (χ1) is 6.27. The van der Waals surface area contributed by atoms with Crippen molar-refractivity contribution in [2.75, 3.05) is 0 Å². The number of aromatic nitrogens is 3. The Kier molecular flexibility index (Phi) is 7.77. The molecule has 1 rings (SSSR count). The average molecular weight is 184 g/mol. The first kappa shape index (κ1) is 11.6. The molecule has 0 unspecified atom stereocenters. The molecule has 3 N–H and O–H groups in total. The zero-order valence-electron chi connectivity index (χ0n) is 7.86. The number of nitrogens with one attached hydrogen (secondary N) is 1. The Balaban J connectivity index is 0.000000243. The molecule has 74 valence electrons. The van der Waals surface area contributed by atoms with E-state index in [1.807, 2.05) is 0 Å². The van der Waals surface area contributed by atoms with Crippen LogP contribution >= 0.6 is 0 Å². The summed E-state index contributed by atoms with van der Waals surface area (Å²) >= 11 is 0. The van der Waals surface area contributed by atoms with Gasteiger partial charge in [-0.2, -0.15) is 0 Å². The fourth-order valence-corrected chi connectivity index (χ4v) is 0.716. The lowest BCUT2D eigenvalue weighted by atomic mass is 10.2. The number of carbonyl (C=O) groups is 1. The third kappa shape index (κ3) is 10.6. The van der Waals surface area contributed by atoms with Crippen LogP contribution in [-0.4, -0.2) is 21.3 Å². The molecule has 0 spiro atoms. The number of nitrogens with zero attached hydrogens (tertiary/aromatic N) is 2. The predicted molar refractivity (Wildman–Crippen MR) is 49.7 cm³/mol. The fourth-order valence-electron chi connectivity index (χ4n) is 0.716. The van der Waals surface area contributed by atoms with Crippen molar-refractivity contribution in [1.29, 1.82) is 0 Å². The van der Waals surface area contributed by atoms with E-state index in [0.717, 1.165) is 19.3 Å². The minimum Gasteiger partial charge on any atom is -0.370 e. The normalized spacial score (nSPS) is 8.69. The summed E-state index contributed by atoms with van der Waals surface area (Å²) in [5, 5.41) is 9.26. The van der Waals surface area contributed by atoms with E-state index in [2.05, 4.69) is 22.3 Å². The molecular weight excluding hydrogens is 168 g/mol. The molecular formula is C8H16N4O. The van der Waals surface area contributed by atoms with Crippen molar-refractivity contribution >= 4 is 5.91 Å². The topological polar surface area (TPSA) is 84.7 Å². The number of amides is 1. The zero-order valence-corrected chi connectivity index (χ0v) is 7.86. The van der Waals surface area contributed by atoms with Crippen molar-refractivity contribution < 1.29 is 4.79 Å². The molecule has 5 heteroatoms. The number of hydrogen-bond acceptors (Lipinski definition) is 3. The van der Waals surface area contributed by atoms with Crippen LogP contribution < -0.4 is 5.73 Å². The van der Waals surface area contributed by atoms with E-state index in [0.29, 0.717) is 6.42 Å². The molecule has 0 aliphatic carbocycles. The van der Waals surface area contributed by atoms with Gasteiger partial charge < -0.3 is 5.73 Å². The van der Waals surface area contributed by atoms with Gasteiger partial charge in [0.1, 0.15) is 0 Å². The summed E-state index contributed by atoms with van der Waals surface area (Å²) in [6, 6.07) is 0. The quantitative estimate of drug-likeness (QED) is 0.680. The van der Waals surface area contributed by atoms with Crippen LogP contribution in [0.2, 0.25) is 0 Å². The Hall–Kier alpha value is -1.39. The molecule has 0 fully saturated rings. The van der Waals surface area contributed by atoms with E-state index in [1.54, 1.807) is 12.4 Å². The van der Waals surface area contributed by atoms with Crippen molar-refractivity contribution in [2.45, 2.75) is 32.6 Å². The van der Waals surface area contributed by atoms with Gasteiger partial charge in [0.25, 0.3) is 0 Å². The molecule has 5 nitrogen and oxygen atoms in total. The summed E-state index contributed by atoms with van der Waals surface area (Å²) in [4.78, 5) is 10.1. The monoisotopic (exact) mass is 184 g/mol. The van der Waals surface area contributed by atoms with E-state index < -0.39 is 0 Å². The summed E-state index contributed by atoms with van der Waals surface area (Å²) < 4.78 is 0. The average Bonchev–Trinajstić information content (AvgIpc) is 2.61. The summed E-state index contributed by atoms with van der Waals surface area (Å²) in [5.74, 6) is -0.182. The molecule has 1 heterocycles. The highest BCUT2D eigenvalue weighted by molar-refractivity contribution is 5.73. The van der Waals surface area contributed by atoms with E-state index in [9.17, 15) is 4.79 Å². The molecule has 0 saturated carbocycles. The van der Waals surface area contributed by atoms with Crippen LogP contribution in [0.5, 0.6) is 0 Å². The van der Waals surface area contributed by atoms with Crippen LogP contribution in [0.15, 0.2) is 12.4 Å². The SMILES string of the molecule is CCCCCC(N)=O.c1c[nH]nn1. The van der Waals surface area contributed by atoms with E-state index in [4.69, 9.17) is 5.73 Å². The third-order valence-corrected chi connectivity index (χ3v) is 1.36. The lowest BCUT2D eigenvalue weighted by Gasteiger charge is -1.90. The second kappa shape index (κ2) is 8.70. The molecule has 0 aromatic carbocycles. The Morgan fingerprint density at radius 3 is 2.62 bits per heavy atom. The van der Waals surface area contributed by atoms with Crippen molar-refractivity contribution in [1.82, 2.24) is 15.4 Å². The maximum absolute atomic E-state index is 10.1. The maximum Gasteiger partial charge on any atom is 0.217 e. The predicted octanol–water partition coefficient (Wildman–Crippen LogP) is 0.857. The Morgan fingerprint density at radius 1 is 1.54 bits per heavy atom. The minimum atomic E-state index is -0.182. The number of aromatic amines is 1. The summed E-state index contributed by atoms with van der Waals surface area (Å²) in [5.41, 5.74) is 4.89. The number of carbonyl (C=O) groups excluding carboxylic acids is 1. The first-order valence-corrected chi connectivity index (χ1v) is 4.36. The lowest BCUT2D eigenvalue weighted by Crippen LogP contribution is -2.09. The minimum absolute atomic E-state index is 0.182. The van der Waals surface area contributed by atoms with Crippen molar-refractivity contribution in [2.24, 2.45) is 5.73 Å². The Morgan fingerprint density at radius 2 is 2.31 bits per heavy atom. The van der Waals surface area contributed by atoms with Crippen LogP contribution in [0.4, 0.5) is 0 Å². The largest absolute Gasteiger partial charge is 0.370 e. The van der Waals surface area contributed by atoms with Gasteiger partial charge in [-0.05, 0) is 6.42 Å². The third-order valence-electron chi connectivity index (χ3n) is 1.36. The van der Waals surface area contributed by atoms with E-state index in [1.165, 1.54) is 0 Å². The highest BCUT2D eigenvalue weighted by Crippen LogP contribution is 1.96. The fraction of sp³-hybridized carbons (Fsp3) is 0.625. The lowest BCUT2D eigenvalue weighted by molar-refractivity contribution is -0.118. The van der Waals surface area contributed by atoms with Gasteiger partial charge >= 0.3 is 0 Å². The summed E-state index contributed by atoms with van der Waals surface area (Å²) in [7, 11) is 0. The van der Waals surface area contributed by atoms with Crippen LogP contribution in [0.3, 0.4) is 0 Å². The summed E-state index contributed by atoms with van der Waals surface area (Å²) in [6.45, 7) is 2.10. The maximum atomic E-state index is 10.1. The standard InChI is InChI=1S/C6H13NO.C2H3N3/c1-2-3-4-5-6(7)8;1-2-4-5-3-1/h2-5H2,1H3,(H2,7,8);1-2H,(H,3,4,5). The number of hydrogen-bond donors (Lipinski definition) is 2. The molecule has 0 saturated heterocycles. The van der Waals surface area contributed by atoms with Gasteiger partial charge in [-0.25, -0.2) is 0 Å². The van der Waals surface area contributed by atoms with Crippen LogP contribution in [0.1, 0.15) is 32.6 Å². The van der Waals surface area contributed by atoms with Crippen LogP contribution in [0, 0.1) is 0 Å². The van der Waals surface area contributed by atoms with Crippen LogP contribution in [0.25, 0.3) is 0 Å². The van der Waals surface area contributed by atoms with Gasteiger partial charge in [-0.3, -0.25) is 9.89 Å². The highest BCUT2D eigenvalue weighted by Gasteiger charge is 1.90. The molecule has 1 amide bonds. The second-order valence-electron chi connectivity index (χ2n) is 2.58. The number of rotatable bonds is 4. The molecule has 0 radical (unpaired) electrons. The molecule has 1 aromatic heterocycles. The molecule has 0 aliphatic rings. The molecule has 1 aromatic rings. The van der Waals surface area contributed by atoms with E-state index in [-0.39, 0.29) is 5.91 Å². The number of unbranched alkanes of at least 4 members (excludes halogenated alkanes) is 2. The zero-order chi connectivity index (χ0) is 9.94. The van der Waals surface area contributed by atoms with Gasteiger partial charge in [-0.15, -0.1) is 5.10 Å². The Labute approximate surface area is 77.7 Å². The molecule has 0 atom stereocenters. The number of nitrogens with two attached hydrogens (primary N) is 1. The molecule has 0 aliphatic heterocycles.